The zero-order valence-electron chi connectivity index (χ0n) is 15.4. The molecular formula is C19H25F3N2O3. The molecule has 0 N–H and O–H groups in total. The Kier molecular flexibility index (Phi) is 6.26. The normalized spacial score (nSPS) is 20.7. The molecule has 0 spiro atoms. The van der Waals surface area contributed by atoms with Crippen LogP contribution in [0, 0.1) is 0 Å². The van der Waals surface area contributed by atoms with E-state index in [1.165, 1.54) is 24.3 Å². The largest absolute Gasteiger partial charge is 0.573 e. The number of ether oxygens (including phenoxy) is 2. The van der Waals surface area contributed by atoms with Crippen LogP contribution in [0.2, 0.25) is 0 Å². The Morgan fingerprint density at radius 1 is 1.00 bits per heavy atom. The minimum atomic E-state index is -4.73. The minimum Gasteiger partial charge on any atom is -0.406 e. The van der Waals surface area contributed by atoms with Gasteiger partial charge in [-0.2, -0.15) is 0 Å². The second kappa shape index (κ2) is 8.48. The van der Waals surface area contributed by atoms with Gasteiger partial charge >= 0.3 is 6.36 Å². The molecule has 2 saturated heterocycles. The Morgan fingerprint density at radius 3 is 2.11 bits per heavy atom. The Hall–Kier alpha value is -1.80. The maximum Gasteiger partial charge on any atom is 0.573 e. The van der Waals surface area contributed by atoms with E-state index in [4.69, 9.17) is 4.74 Å². The molecule has 8 heteroatoms. The average Bonchev–Trinajstić information content (AvgIpc) is 2.67. The molecule has 2 fully saturated rings. The van der Waals surface area contributed by atoms with Crippen molar-refractivity contribution in [3.8, 4) is 5.75 Å². The van der Waals surface area contributed by atoms with Crippen LogP contribution in [-0.2, 0) is 4.74 Å². The van der Waals surface area contributed by atoms with E-state index in [9.17, 15) is 18.0 Å². The fourth-order valence-electron chi connectivity index (χ4n) is 3.89. The van der Waals surface area contributed by atoms with Gasteiger partial charge in [-0.1, -0.05) is 0 Å². The van der Waals surface area contributed by atoms with Crippen LogP contribution in [0.5, 0.6) is 5.75 Å². The van der Waals surface area contributed by atoms with Crippen LogP contribution in [0.4, 0.5) is 13.2 Å². The molecule has 150 valence electrons. The van der Waals surface area contributed by atoms with E-state index in [0.29, 0.717) is 30.8 Å². The zero-order chi connectivity index (χ0) is 19.4. The Bertz CT molecular complexity index is 620. The monoisotopic (exact) mass is 386 g/mol. The number of hydrogen-bond donors (Lipinski definition) is 0. The molecule has 0 saturated carbocycles. The Morgan fingerprint density at radius 2 is 1.59 bits per heavy atom. The zero-order valence-corrected chi connectivity index (χ0v) is 15.4. The first-order chi connectivity index (χ1) is 12.9. The van der Waals surface area contributed by atoms with Crippen molar-refractivity contribution in [2.45, 2.75) is 44.2 Å². The summed E-state index contributed by atoms with van der Waals surface area (Å²) in [6.07, 6.45) is -0.459. The van der Waals surface area contributed by atoms with Gasteiger partial charge in [0, 0.05) is 44.9 Å². The summed E-state index contributed by atoms with van der Waals surface area (Å²) in [5.74, 6) is -0.470. The quantitative estimate of drug-likeness (QED) is 0.796. The van der Waals surface area contributed by atoms with Crippen molar-refractivity contribution >= 4 is 5.91 Å². The van der Waals surface area contributed by atoms with Gasteiger partial charge in [-0.15, -0.1) is 13.2 Å². The molecule has 2 aliphatic heterocycles. The standard InChI is InChI=1S/C19H25F3N2O3/c1-26-16-8-12-23(13-9-16)15-6-10-24(11-7-15)18(25)14-2-4-17(5-3-14)27-19(20,21)22/h2-5,15-16H,6-13H2,1H3. The number of piperidine rings is 2. The topological polar surface area (TPSA) is 42.0 Å². The molecular weight excluding hydrogens is 361 g/mol. The van der Waals surface area contributed by atoms with Crippen LogP contribution in [0.3, 0.4) is 0 Å². The molecule has 0 aromatic heterocycles. The summed E-state index contributed by atoms with van der Waals surface area (Å²) in [4.78, 5) is 16.9. The van der Waals surface area contributed by atoms with E-state index < -0.39 is 6.36 Å². The smallest absolute Gasteiger partial charge is 0.406 e. The summed E-state index contributed by atoms with van der Waals surface area (Å²) in [5.41, 5.74) is 0.379. The highest BCUT2D eigenvalue weighted by atomic mass is 19.4. The number of alkyl halides is 3. The van der Waals surface area contributed by atoms with Gasteiger partial charge in [0.25, 0.3) is 5.91 Å². The number of carbonyl (C=O) groups is 1. The number of amides is 1. The second-order valence-electron chi connectivity index (χ2n) is 7.07. The van der Waals surface area contributed by atoms with Crippen LogP contribution in [-0.4, -0.2) is 67.5 Å². The van der Waals surface area contributed by atoms with E-state index in [1.54, 1.807) is 12.0 Å². The predicted molar refractivity (Wildman–Crippen MR) is 93.7 cm³/mol. The molecule has 0 unspecified atom stereocenters. The lowest BCUT2D eigenvalue weighted by Crippen LogP contribution is -2.49. The van der Waals surface area contributed by atoms with Gasteiger partial charge in [0.2, 0.25) is 0 Å². The van der Waals surface area contributed by atoms with Gasteiger partial charge in [-0.3, -0.25) is 4.79 Å². The number of nitrogens with zero attached hydrogens (tertiary/aromatic N) is 2. The first-order valence-electron chi connectivity index (χ1n) is 9.27. The lowest BCUT2D eigenvalue weighted by molar-refractivity contribution is -0.274. The van der Waals surface area contributed by atoms with Crippen molar-refractivity contribution in [3.05, 3.63) is 29.8 Å². The Labute approximate surface area is 157 Å². The minimum absolute atomic E-state index is 0.148. The number of halogens is 3. The van der Waals surface area contributed by atoms with Gasteiger partial charge in [0.05, 0.1) is 6.10 Å². The van der Waals surface area contributed by atoms with Gasteiger partial charge < -0.3 is 19.3 Å². The Balaban J connectivity index is 1.50. The number of methoxy groups -OCH3 is 1. The third kappa shape index (κ3) is 5.35. The van der Waals surface area contributed by atoms with Crippen LogP contribution in [0.1, 0.15) is 36.0 Å². The highest BCUT2D eigenvalue weighted by molar-refractivity contribution is 5.94. The van der Waals surface area contributed by atoms with Crippen LogP contribution >= 0.6 is 0 Å². The molecule has 2 heterocycles. The molecule has 27 heavy (non-hydrogen) atoms. The molecule has 0 bridgehead atoms. The van der Waals surface area contributed by atoms with Crippen molar-refractivity contribution in [1.29, 1.82) is 0 Å². The molecule has 1 amide bonds. The van der Waals surface area contributed by atoms with Gasteiger partial charge in [-0.25, -0.2) is 0 Å². The lowest BCUT2D eigenvalue weighted by Gasteiger charge is -2.41. The number of likely N-dealkylation sites (tertiary alicyclic amines) is 2. The van der Waals surface area contributed by atoms with Gasteiger partial charge in [0.15, 0.2) is 0 Å². The number of benzene rings is 1. The van der Waals surface area contributed by atoms with Crippen molar-refractivity contribution in [2.75, 3.05) is 33.3 Å². The molecule has 0 radical (unpaired) electrons. The summed E-state index contributed by atoms with van der Waals surface area (Å²) >= 11 is 0. The number of hydrogen-bond acceptors (Lipinski definition) is 4. The van der Waals surface area contributed by atoms with E-state index in [0.717, 1.165) is 38.8 Å². The summed E-state index contributed by atoms with van der Waals surface area (Å²) in [6, 6.07) is 5.59. The average molecular weight is 386 g/mol. The molecule has 2 aliphatic rings. The lowest BCUT2D eigenvalue weighted by atomic mass is 9.98. The molecule has 5 nitrogen and oxygen atoms in total. The maximum atomic E-state index is 12.6. The number of carbonyl (C=O) groups excluding carboxylic acids is 1. The van der Waals surface area contributed by atoms with Gasteiger partial charge in [0.1, 0.15) is 5.75 Å². The molecule has 0 atom stereocenters. The van der Waals surface area contributed by atoms with Crippen molar-refractivity contribution < 1.29 is 27.4 Å². The third-order valence-corrected chi connectivity index (χ3v) is 5.41. The van der Waals surface area contributed by atoms with E-state index >= 15 is 0 Å². The van der Waals surface area contributed by atoms with Crippen LogP contribution in [0.15, 0.2) is 24.3 Å². The fraction of sp³-hybridized carbons (Fsp3) is 0.632. The van der Waals surface area contributed by atoms with Crippen LogP contribution in [0.25, 0.3) is 0 Å². The van der Waals surface area contributed by atoms with Crippen molar-refractivity contribution in [3.63, 3.8) is 0 Å². The molecule has 1 aromatic rings. The first-order valence-corrected chi connectivity index (χ1v) is 9.27. The third-order valence-electron chi connectivity index (χ3n) is 5.41. The number of rotatable bonds is 4. The highest BCUT2D eigenvalue weighted by Crippen LogP contribution is 2.25. The maximum absolute atomic E-state index is 12.6. The summed E-state index contributed by atoms with van der Waals surface area (Å²) < 4.78 is 45.9. The molecule has 1 aromatic carbocycles. The fourth-order valence-corrected chi connectivity index (χ4v) is 3.89. The van der Waals surface area contributed by atoms with E-state index in [1.807, 2.05) is 0 Å². The highest BCUT2D eigenvalue weighted by Gasteiger charge is 2.32. The summed E-state index contributed by atoms with van der Waals surface area (Å²) in [6.45, 7) is 3.37. The summed E-state index contributed by atoms with van der Waals surface area (Å²) in [7, 11) is 1.76. The van der Waals surface area contributed by atoms with Crippen molar-refractivity contribution in [2.24, 2.45) is 0 Å². The SMILES string of the molecule is COC1CCN(C2CCN(C(=O)c3ccc(OC(F)(F)F)cc3)CC2)CC1. The molecule has 0 aliphatic carbocycles. The first kappa shape index (κ1) is 19.9. The van der Waals surface area contributed by atoms with Gasteiger partial charge in [-0.05, 0) is 49.9 Å². The van der Waals surface area contributed by atoms with E-state index in [2.05, 4.69) is 9.64 Å². The second-order valence-corrected chi connectivity index (χ2v) is 7.07. The van der Waals surface area contributed by atoms with Crippen LogP contribution < -0.4 is 4.74 Å². The van der Waals surface area contributed by atoms with Crippen molar-refractivity contribution in [1.82, 2.24) is 9.80 Å². The predicted octanol–water partition coefficient (Wildman–Crippen LogP) is 3.30. The summed E-state index contributed by atoms with van der Waals surface area (Å²) in [5, 5.41) is 0. The molecule has 3 rings (SSSR count). The van der Waals surface area contributed by atoms with E-state index in [-0.39, 0.29) is 11.7 Å².